The van der Waals surface area contributed by atoms with Crippen molar-refractivity contribution in [1.82, 2.24) is 9.55 Å². The van der Waals surface area contributed by atoms with Crippen molar-refractivity contribution in [3.8, 4) is 6.07 Å². The number of methoxy groups -OCH3 is 1. The van der Waals surface area contributed by atoms with Gasteiger partial charge in [-0.1, -0.05) is 13.8 Å². The van der Waals surface area contributed by atoms with Crippen LogP contribution in [0.1, 0.15) is 31.9 Å². The van der Waals surface area contributed by atoms with Gasteiger partial charge in [-0.25, -0.2) is 9.59 Å². The Bertz CT molecular complexity index is 621. The summed E-state index contributed by atoms with van der Waals surface area (Å²) in [6, 6.07) is 0.813. The normalized spacial score (nSPS) is 11.9. The molecule has 19 heavy (non-hydrogen) atoms. The Morgan fingerprint density at radius 3 is 2.63 bits per heavy atom. The fraction of sp³-hybridized carbons (Fsp3) is 0.500. The quantitative estimate of drug-likeness (QED) is 0.781. The molecule has 0 aliphatic heterocycles. The van der Waals surface area contributed by atoms with Crippen LogP contribution in [0, 0.1) is 17.2 Å². The van der Waals surface area contributed by atoms with Crippen LogP contribution < -0.4 is 11.2 Å². The minimum atomic E-state index is -0.860. The highest BCUT2D eigenvalue weighted by atomic mass is 16.5. The summed E-state index contributed by atoms with van der Waals surface area (Å²) in [4.78, 5) is 36.8. The van der Waals surface area contributed by atoms with Crippen LogP contribution >= 0.6 is 0 Å². The molecule has 1 N–H and O–H groups in total. The molecule has 0 radical (unpaired) electrons. The Hall–Kier alpha value is -2.36. The highest BCUT2D eigenvalue weighted by molar-refractivity contribution is 5.74. The zero-order valence-corrected chi connectivity index (χ0v) is 11.0. The van der Waals surface area contributed by atoms with E-state index in [4.69, 9.17) is 5.26 Å². The first-order valence-corrected chi connectivity index (χ1v) is 5.74. The van der Waals surface area contributed by atoms with Crippen LogP contribution in [0.15, 0.2) is 15.8 Å². The SMILES string of the molecule is COC(=O)C(CC(C)C)n1cc(C#N)c(=O)[nH]c1=O. The first-order valence-electron chi connectivity index (χ1n) is 5.74. The van der Waals surface area contributed by atoms with E-state index in [1.807, 2.05) is 18.8 Å². The molecule has 0 aliphatic carbocycles. The molecule has 0 aromatic carbocycles. The summed E-state index contributed by atoms with van der Waals surface area (Å²) >= 11 is 0. The van der Waals surface area contributed by atoms with Crippen molar-refractivity contribution in [1.29, 1.82) is 5.26 Å². The first-order chi connectivity index (χ1) is 8.90. The molecule has 0 saturated carbocycles. The van der Waals surface area contributed by atoms with E-state index in [-0.39, 0.29) is 11.5 Å². The lowest BCUT2D eigenvalue weighted by molar-refractivity contribution is -0.145. The van der Waals surface area contributed by atoms with E-state index in [1.165, 1.54) is 7.11 Å². The number of nitriles is 1. The van der Waals surface area contributed by atoms with Crippen LogP contribution in [0.5, 0.6) is 0 Å². The molecule has 1 atom stereocenters. The van der Waals surface area contributed by atoms with Crippen molar-refractivity contribution in [2.75, 3.05) is 7.11 Å². The average molecular weight is 265 g/mol. The fourth-order valence-corrected chi connectivity index (χ4v) is 1.70. The monoisotopic (exact) mass is 265 g/mol. The van der Waals surface area contributed by atoms with Gasteiger partial charge in [0.2, 0.25) is 0 Å². The molecule has 0 aliphatic rings. The van der Waals surface area contributed by atoms with Crippen LogP contribution in [0.25, 0.3) is 0 Å². The minimum absolute atomic E-state index is 0.133. The number of carbonyl (C=O) groups is 1. The predicted molar refractivity (Wildman–Crippen MR) is 66.5 cm³/mol. The molecule has 7 heteroatoms. The van der Waals surface area contributed by atoms with Gasteiger partial charge in [0.15, 0.2) is 0 Å². The number of hydrogen-bond acceptors (Lipinski definition) is 5. The molecular formula is C12H15N3O4. The molecule has 7 nitrogen and oxygen atoms in total. The van der Waals surface area contributed by atoms with Gasteiger partial charge in [-0.05, 0) is 12.3 Å². The van der Waals surface area contributed by atoms with Crippen LogP contribution in [0.2, 0.25) is 0 Å². The number of H-pyrrole nitrogens is 1. The minimum Gasteiger partial charge on any atom is -0.467 e. The van der Waals surface area contributed by atoms with Crippen molar-refractivity contribution in [3.63, 3.8) is 0 Å². The Labute approximate surface area is 109 Å². The number of ether oxygens (including phenoxy) is 1. The fourth-order valence-electron chi connectivity index (χ4n) is 1.70. The lowest BCUT2D eigenvalue weighted by Gasteiger charge is -2.18. The third-order valence-electron chi connectivity index (χ3n) is 2.59. The van der Waals surface area contributed by atoms with Gasteiger partial charge >= 0.3 is 11.7 Å². The largest absolute Gasteiger partial charge is 0.467 e. The molecule has 1 unspecified atom stereocenters. The van der Waals surface area contributed by atoms with Crippen LogP contribution in [-0.4, -0.2) is 22.6 Å². The summed E-state index contributed by atoms with van der Waals surface area (Å²) in [5.74, 6) is -0.458. The number of esters is 1. The van der Waals surface area contributed by atoms with Crippen molar-refractivity contribution >= 4 is 5.97 Å². The van der Waals surface area contributed by atoms with E-state index in [2.05, 4.69) is 4.74 Å². The van der Waals surface area contributed by atoms with E-state index in [1.54, 1.807) is 6.07 Å². The van der Waals surface area contributed by atoms with E-state index in [0.717, 1.165) is 10.8 Å². The van der Waals surface area contributed by atoms with Crippen molar-refractivity contribution < 1.29 is 9.53 Å². The molecule has 0 fully saturated rings. The lowest BCUT2D eigenvalue weighted by Crippen LogP contribution is -2.37. The molecule has 102 valence electrons. The van der Waals surface area contributed by atoms with Crippen molar-refractivity contribution in [3.05, 3.63) is 32.6 Å². The number of aromatic nitrogens is 2. The topological polar surface area (TPSA) is 105 Å². The number of hydrogen-bond donors (Lipinski definition) is 1. The number of carbonyl (C=O) groups excluding carboxylic acids is 1. The molecule has 1 aromatic heterocycles. The van der Waals surface area contributed by atoms with E-state index >= 15 is 0 Å². The Kier molecular flexibility index (Phi) is 4.64. The van der Waals surface area contributed by atoms with Crippen LogP contribution in [0.3, 0.4) is 0 Å². The van der Waals surface area contributed by atoms with Crippen molar-refractivity contribution in [2.24, 2.45) is 5.92 Å². The third-order valence-corrected chi connectivity index (χ3v) is 2.59. The Morgan fingerprint density at radius 1 is 1.53 bits per heavy atom. The van der Waals surface area contributed by atoms with Gasteiger partial charge in [-0.15, -0.1) is 0 Å². The molecule has 1 heterocycles. The van der Waals surface area contributed by atoms with Gasteiger partial charge in [0.05, 0.1) is 7.11 Å². The predicted octanol–water partition coefficient (Wildman–Crippen LogP) is 0.168. The highest BCUT2D eigenvalue weighted by Gasteiger charge is 2.24. The van der Waals surface area contributed by atoms with E-state index < -0.39 is 23.3 Å². The smallest absolute Gasteiger partial charge is 0.329 e. The summed E-state index contributed by atoms with van der Waals surface area (Å²) < 4.78 is 5.69. The summed E-state index contributed by atoms with van der Waals surface area (Å²) in [7, 11) is 1.22. The molecule has 0 bridgehead atoms. The first kappa shape index (κ1) is 14.7. The second kappa shape index (κ2) is 6.00. The van der Waals surface area contributed by atoms with Gasteiger partial charge < -0.3 is 4.74 Å². The summed E-state index contributed by atoms with van der Waals surface area (Å²) in [5, 5.41) is 8.79. The molecule has 1 aromatic rings. The number of rotatable bonds is 4. The number of aromatic amines is 1. The van der Waals surface area contributed by atoms with E-state index in [0.29, 0.717) is 6.42 Å². The average Bonchev–Trinajstić information content (AvgIpc) is 2.35. The summed E-state index contributed by atoms with van der Waals surface area (Å²) in [6.45, 7) is 3.77. The summed E-state index contributed by atoms with van der Waals surface area (Å²) in [5.41, 5.74) is -1.73. The van der Waals surface area contributed by atoms with Crippen molar-refractivity contribution in [2.45, 2.75) is 26.3 Å². The number of nitrogens with one attached hydrogen (secondary N) is 1. The molecule has 0 saturated heterocycles. The number of nitrogens with zero attached hydrogens (tertiary/aromatic N) is 2. The lowest BCUT2D eigenvalue weighted by atomic mass is 10.0. The molecular weight excluding hydrogens is 250 g/mol. The molecule has 1 rings (SSSR count). The maximum atomic E-state index is 11.7. The Morgan fingerprint density at radius 2 is 2.16 bits per heavy atom. The highest BCUT2D eigenvalue weighted by Crippen LogP contribution is 2.17. The van der Waals surface area contributed by atoms with Gasteiger partial charge in [-0.2, -0.15) is 5.26 Å². The van der Waals surface area contributed by atoms with Gasteiger partial charge in [0.25, 0.3) is 5.56 Å². The second-order valence-corrected chi connectivity index (χ2v) is 4.49. The zero-order chi connectivity index (χ0) is 14.6. The second-order valence-electron chi connectivity index (χ2n) is 4.49. The molecule has 0 amide bonds. The maximum absolute atomic E-state index is 11.7. The van der Waals surface area contributed by atoms with Crippen LogP contribution in [0.4, 0.5) is 0 Å². The zero-order valence-electron chi connectivity index (χ0n) is 11.0. The Balaban J connectivity index is 3.38. The summed E-state index contributed by atoms with van der Waals surface area (Å²) in [6.07, 6.45) is 1.45. The van der Waals surface area contributed by atoms with E-state index in [9.17, 15) is 14.4 Å². The van der Waals surface area contributed by atoms with Gasteiger partial charge in [0, 0.05) is 6.20 Å². The van der Waals surface area contributed by atoms with Crippen LogP contribution in [-0.2, 0) is 9.53 Å². The maximum Gasteiger partial charge on any atom is 0.329 e. The standard InChI is InChI=1S/C12H15N3O4/c1-7(2)4-9(11(17)19-3)15-6-8(5-13)10(16)14-12(15)18/h6-7,9H,4H2,1-3H3,(H,14,16,18). The third kappa shape index (κ3) is 3.31. The molecule has 0 spiro atoms. The van der Waals surface area contributed by atoms with Gasteiger partial charge in [0.1, 0.15) is 17.7 Å². The van der Waals surface area contributed by atoms with Gasteiger partial charge in [-0.3, -0.25) is 14.3 Å².